The highest BCUT2D eigenvalue weighted by Crippen LogP contribution is 2.32. The first-order valence-electron chi connectivity index (χ1n) is 6.45. The second-order valence-electron chi connectivity index (χ2n) is 4.96. The molecule has 2 unspecified atom stereocenters. The molecule has 2 N–H and O–H groups in total. The largest absolute Gasteiger partial charge is 0.491 e. The topological polar surface area (TPSA) is 41.5 Å². The van der Waals surface area contributed by atoms with Crippen molar-refractivity contribution in [3.8, 4) is 5.75 Å². The molecule has 0 heterocycles. The fraction of sp³-hybridized carbons (Fsp3) is 0.571. The summed E-state index contributed by atoms with van der Waals surface area (Å²) in [7, 11) is 0. The average molecular weight is 270 g/mol. The minimum atomic E-state index is -0.495. The molecule has 18 heavy (non-hydrogen) atoms. The predicted octanol–water partition coefficient (Wildman–Crippen LogP) is 2.47. The van der Waals surface area contributed by atoms with E-state index in [1.807, 2.05) is 12.1 Å². The molecule has 0 saturated heterocycles. The van der Waals surface area contributed by atoms with Crippen LogP contribution in [-0.4, -0.2) is 30.4 Å². The van der Waals surface area contributed by atoms with Crippen molar-refractivity contribution in [1.82, 2.24) is 5.32 Å². The van der Waals surface area contributed by atoms with Gasteiger partial charge in [-0.1, -0.05) is 17.7 Å². The van der Waals surface area contributed by atoms with Gasteiger partial charge < -0.3 is 15.2 Å². The Bertz CT molecular complexity index is 382. The fourth-order valence-corrected chi connectivity index (χ4v) is 2.07. The number of rotatable bonds is 7. The molecule has 1 aromatic rings. The van der Waals surface area contributed by atoms with Crippen molar-refractivity contribution in [1.29, 1.82) is 0 Å². The van der Waals surface area contributed by atoms with Crippen molar-refractivity contribution in [2.75, 3.05) is 13.2 Å². The zero-order valence-corrected chi connectivity index (χ0v) is 11.4. The van der Waals surface area contributed by atoms with Gasteiger partial charge in [0.1, 0.15) is 18.5 Å². The lowest BCUT2D eigenvalue weighted by Gasteiger charge is -2.17. The van der Waals surface area contributed by atoms with Crippen LogP contribution in [0, 0.1) is 5.92 Å². The number of hydrogen-bond donors (Lipinski definition) is 2. The quantitative estimate of drug-likeness (QED) is 0.799. The zero-order chi connectivity index (χ0) is 13.0. The van der Waals surface area contributed by atoms with Gasteiger partial charge in [-0.05, 0) is 43.9 Å². The van der Waals surface area contributed by atoms with Gasteiger partial charge in [0, 0.05) is 17.6 Å². The summed E-state index contributed by atoms with van der Waals surface area (Å²) < 4.78 is 5.48. The fourth-order valence-electron chi connectivity index (χ4n) is 1.89. The predicted molar refractivity (Wildman–Crippen MR) is 73.1 cm³/mol. The molecular weight excluding hydrogens is 250 g/mol. The Hall–Kier alpha value is -0.770. The van der Waals surface area contributed by atoms with Gasteiger partial charge in [0.15, 0.2) is 0 Å². The van der Waals surface area contributed by atoms with E-state index in [1.54, 1.807) is 12.1 Å². The molecule has 0 aliphatic heterocycles. The van der Waals surface area contributed by atoms with Gasteiger partial charge in [-0.25, -0.2) is 0 Å². The molecule has 4 heteroatoms. The third-order valence-electron chi connectivity index (χ3n) is 3.24. The maximum Gasteiger partial charge on any atom is 0.120 e. The molecule has 0 amide bonds. The van der Waals surface area contributed by atoms with E-state index in [9.17, 15) is 5.11 Å². The lowest BCUT2D eigenvalue weighted by molar-refractivity contribution is 0.103. The van der Waals surface area contributed by atoms with Crippen LogP contribution >= 0.6 is 11.6 Å². The van der Waals surface area contributed by atoms with E-state index in [-0.39, 0.29) is 6.61 Å². The number of aliphatic hydroxyl groups is 1. The Morgan fingerprint density at radius 3 is 2.94 bits per heavy atom. The van der Waals surface area contributed by atoms with Crippen LogP contribution in [0.4, 0.5) is 0 Å². The number of aliphatic hydroxyl groups excluding tert-OH is 1. The zero-order valence-electron chi connectivity index (χ0n) is 10.6. The highest BCUT2D eigenvalue weighted by Gasteiger charge is 2.27. The van der Waals surface area contributed by atoms with E-state index in [0.29, 0.717) is 23.4 Å². The Morgan fingerprint density at radius 2 is 2.28 bits per heavy atom. The van der Waals surface area contributed by atoms with Crippen LogP contribution in [0.25, 0.3) is 0 Å². The first kappa shape index (κ1) is 13.7. The van der Waals surface area contributed by atoms with Crippen molar-refractivity contribution in [3.63, 3.8) is 0 Å². The molecule has 1 aliphatic carbocycles. The number of ether oxygens (including phenoxy) is 1. The molecular formula is C14H20ClNO2. The molecule has 2 atom stereocenters. The standard InChI is InChI=1S/C14H20ClNO2/c1-10(11-5-6-11)16-8-13(17)9-18-14-4-2-3-12(15)7-14/h2-4,7,10-11,13,16-17H,5-6,8-9H2,1H3. The molecule has 2 rings (SSSR count). The van der Waals surface area contributed by atoms with Gasteiger partial charge in [0.05, 0.1) is 0 Å². The van der Waals surface area contributed by atoms with Crippen molar-refractivity contribution < 1.29 is 9.84 Å². The van der Waals surface area contributed by atoms with Crippen molar-refractivity contribution in [2.45, 2.75) is 31.9 Å². The smallest absolute Gasteiger partial charge is 0.120 e. The van der Waals surface area contributed by atoms with Crippen molar-refractivity contribution in [3.05, 3.63) is 29.3 Å². The summed E-state index contributed by atoms with van der Waals surface area (Å²) in [6, 6.07) is 7.69. The summed E-state index contributed by atoms with van der Waals surface area (Å²) in [5.74, 6) is 1.49. The van der Waals surface area contributed by atoms with Crippen LogP contribution < -0.4 is 10.1 Å². The number of hydrogen-bond acceptors (Lipinski definition) is 3. The molecule has 0 bridgehead atoms. The second-order valence-corrected chi connectivity index (χ2v) is 5.39. The van der Waals surface area contributed by atoms with Gasteiger partial charge in [0.25, 0.3) is 0 Å². The molecule has 100 valence electrons. The molecule has 0 spiro atoms. The monoisotopic (exact) mass is 269 g/mol. The normalized spacial score (nSPS) is 18.4. The number of nitrogens with one attached hydrogen (secondary N) is 1. The summed E-state index contributed by atoms with van der Waals surface area (Å²) in [4.78, 5) is 0. The third-order valence-corrected chi connectivity index (χ3v) is 3.48. The highest BCUT2D eigenvalue weighted by atomic mass is 35.5. The van der Waals surface area contributed by atoms with Gasteiger partial charge in [-0.3, -0.25) is 0 Å². The van der Waals surface area contributed by atoms with E-state index in [0.717, 1.165) is 5.92 Å². The van der Waals surface area contributed by atoms with E-state index in [1.165, 1.54) is 12.8 Å². The SMILES string of the molecule is CC(NCC(O)COc1cccc(Cl)c1)C1CC1. The Balaban J connectivity index is 1.66. The lowest BCUT2D eigenvalue weighted by atomic mass is 10.2. The summed E-state index contributed by atoms with van der Waals surface area (Å²) in [5.41, 5.74) is 0. The number of halogens is 1. The number of benzene rings is 1. The van der Waals surface area contributed by atoms with Gasteiger partial charge in [0.2, 0.25) is 0 Å². The summed E-state index contributed by atoms with van der Waals surface area (Å²) >= 11 is 5.85. The molecule has 1 fully saturated rings. The Labute approximate surface area is 113 Å². The lowest BCUT2D eigenvalue weighted by Crippen LogP contribution is -2.37. The molecule has 1 saturated carbocycles. The molecule has 3 nitrogen and oxygen atoms in total. The minimum Gasteiger partial charge on any atom is -0.491 e. The summed E-state index contributed by atoms with van der Waals surface area (Å²) in [6.07, 6.45) is 2.12. The average Bonchev–Trinajstić information content (AvgIpc) is 3.17. The maximum absolute atomic E-state index is 9.81. The molecule has 0 aromatic heterocycles. The summed E-state index contributed by atoms with van der Waals surface area (Å²) in [5, 5.41) is 13.8. The van der Waals surface area contributed by atoms with Gasteiger partial charge >= 0.3 is 0 Å². The molecule has 1 aromatic carbocycles. The summed E-state index contributed by atoms with van der Waals surface area (Å²) in [6.45, 7) is 3.02. The van der Waals surface area contributed by atoms with Crippen molar-refractivity contribution in [2.24, 2.45) is 5.92 Å². The van der Waals surface area contributed by atoms with E-state index >= 15 is 0 Å². The van der Waals surface area contributed by atoms with Crippen molar-refractivity contribution >= 4 is 11.6 Å². The third kappa shape index (κ3) is 4.48. The van der Waals surface area contributed by atoms with Crippen LogP contribution in [0.5, 0.6) is 5.75 Å². The van der Waals surface area contributed by atoms with Crippen LogP contribution in [0.2, 0.25) is 5.02 Å². The van der Waals surface area contributed by atoms with Gasteiger partial charge in [-0.15, -0.1) is 0 Å². The van der Waals surface area contributed by atoms with E-state index < -0.39 is 6.10 Å². The maximum atomic E-state index is 9.81. The molecule has 1 aliphatic rings. The minimum absolute atomic E-state index is 0.282. The molecule has 0 radical (unpaired) electrons. The second kappa shape index (κ2) is 6.41. The van der Waals surface area contributed by atoms with Gasteiger partial charge in [-0.2, -0.15) is 0 Å². The van der Waals surface area contributed by atoms with Crippen LogP contribution in [0.15, 0.2) is 24.3 Å². The van der Waals surface area contributed by atoms with Crippen LogP contribution in [-0.2, 0) is 0 Å². The van der Waals surface area contributed by atoms with E-state index in [4.69, 9.17) is 16.3 Å². The van der Waals surface area contributed by atoms with Crippen LogP contribution in [0.3, 0.4) is 0 Å². The Kier molecular flexibility index (Phi) is 4.87. The highest BCUT2D eigenvalue weighted by molar-refractivity contribution is 6.30. The first-order chi connectivity index (χ1) is 8.65. The first-order valence-corrected chi connectivity index (χ1v) is 6.83. The van der Waals surface area contributed by atoms with E-state index in [2.05, 4.69) is 12.2 Å². The van der Waals surface area contributed by atoms with Crippen LogP contribution in [0.1, 0.15) is 19.8 Å². The Morgan fingerprint density at radius 1 is 1.50 bits per heavy atom.